The number of nitrogens with zero attached hydrogens (tertiary/aromatic N) is 1. The van der Waals surface area contributed by atoms with Crippen LogP contribution in [0, 0.1) is 0 Å². The maximum absolute atomic E-state index is 12.6. The summed E-state index contributed by atoms with van der Waals surface area (Å²) >= 11 is 0. The first-order valence-corrected chi connectivity index (χ1v) is 8.62. The van der Waals surface area contributed by atoms with Crippen LogP contribution in [-0.4, -0.2) is 31.1 Å². The standard InChI is InChI=1S/C20H25N3O2/c1-4-25-18-12-8-6-10-16(18)21-19(24)13-23-14-20(2,3)22-15-9-5-7-11-17(15)23/h5-12,22H,4,13-14H2,1-3H3,(H,21,24). The predicted octanol–water partition coefficient (Wildman–Crippen LogP) is 3.73. The van der Waals surface area contributed by atoms with Gasteiger partial charge in [0.15, 0.2) is 0 Å². The molecule has 25 heavy (non-hydrogen) atoms. The Morgan fingerprint density at radius 2 is 1.92 bits per heavy atom. The average molecular weight is 339 g/mol. The van der Waals surface area contributed by atoms with Gasteiger partial charge >= 0.3 is 0 Å². The molecule has 2 aromatic carbocycles. The smallest absolute Gasteiger partial charge is 0.243 e. The second-order valence-electron chi connectivity index (χ2n) is 6.86. The third kappa shape index (κ3) is 4.05. The normalized spacial score (nSPS) is 15.1. The van der Waals surface area contributed by atoms with Crippen molar-refractivity contribution in [2.45, 2.75) is 26.3 Å². The Morgan fingerprint density at radius 1 is 1.20 bits per heavy atom. The molecule has 5 nitrogen and oxygen atoms in total. The van der Waals surface area contributed by atoms with E-state index < -0.39 is 0 Å². The van der Waals surface area contributed by atoms with Crippen molar-refractivity contribution in [1.29, 1.82) is 0 Å². The molecule has 3 rings (SSSR count). The molecule has 0 atom stereocenters. The second-order valence-corrected chi connectivity index (χ2v) is 6.86. The van der Waals surface area contributed by atoms with E-state index in [1.807, 2.05) is 55.5 Å². The lowest BCUT2D eigenvalue weighted by atomic mass is 9.99. The van der Waals surface area contributed by atoms with Gasteiger partial charge in [0.05, 0.1) is 30.2 Å². The van der Waals surface area contributed by atoms with Gasteiger partial charge in [-0.05, 0) is 45.0 Å². The zero-order chi connectivity index (χ0) is 17.9. The molecule has 0 bridgehead atoms. The summed E-state index contributed by atoms with van der Waals surface area (Å²) in [5, 5.41) is 6.50. The Morgan fingerprint density at radius 3 is 2.72 bits per heavy atom. The van der Waals surface area contributed by atoms with Crippen molar-refractivity contribution in [1.82, 2.24) is 0 Å². The van der Waals surface area contributed by atoms with Crippen molar-refractivity contribution in [3.63, 3.8) is 0 Å². The molecular formula is C20H25N3O2. The summed E-state index contributed by atoms with van der Waals surface area (Å²) in [4.78, 5) is 14.7. The van der Waals surface area contributed by atoms with Gasteiger partial charge in [-0.1, -0.05) is 24.3 Å². The first-order chi connectivity index (χ1) is 12.0. The van der Waals surface area contributed by atoms with Crippen molar-refractivity contribution < 1.29 is 9.53 Å². The largest absolute Gasteiger partial charge is 0.492 e. The van der Waals surface area contributed by atoms with Crippen molar-refractivity contribution in [2.75, 3.05) is 35.2 Å². The number of rotatable bonds is 5. The van der Waals surface area contributed by atoms with Gasteiger partial charge in [0.2, 0.25) is 5.91 Å². The molecule has 0 unspecified atom stereocenters. The number of benzene rings is 2. The fraction of sp³-hybridized carbons (Fsp3) is 0.350. The Labute approximate surface area is 149 Å². The molecule has 5 heteroatoms. The van der Waals surface area contributed by atoms with Gasteiger partial charge in [-0.3, -0.25) is 4.79 Å². The molecule has 0 fully saturated rings. The fourth-order valence-electron chi connectivity index (χ4n) is 3.18. The van der Waals surface area contributed by atoms with Crippen LogP contribution in [0.4, 0.5) is 17.1 Å². The van der Waals surface area contributed by atoms with Crippen LogP contribution < -0.4 is 20.3 Å². The third-order valence-electron chi connectivity index (χ3n) is 4.10. The van der Waals surface area contributed by atoms with Crippen LogP contribution in [0.2, 0.25) is 0 Å². The van der Waals surface area contributed by atoms with E-state index in [-0.39, 0.29) is 11.4 Å². The van der Waals surface area contributed by atoms with E-state index >= 15 is 0 Å². The molecule has 0 radical (unpaired) electrons. The number of hydrogen-bond donors (Lipinski definition) is 2. The molecule has 132 valence electrons. The van der Waals surface area contributed by atoms with Crippen LogP contribution in [-0.2, 0) is 4.79 Å². The molecule has 0 spiro atoms. The molecule has 0 aromatic heterocycles. The molecule has 1 aliphatic rings. The van der Waals surface area contributed by atoms with Gasteiger partial charge < -0.3 is 20.3 Å². The van der Waals surface area contributed by atoms with Crippen molar-refractivity contribution in [2.24, 2.45) is 0 Å². The highest BCUT2D eigenvalue weighted by atomic mass is 16.5. The molecule has 2 N–H and O–H groups in total. The summed E-state index contributed by atoms with van der Waals surface area (Å²) in [6.07, 6.45) is 0. The number of amides is 1. The highest BCUT2D eigenvalue weighted by Crippen LogP contribution is 2.34. The van der Waals surface area contributed by atoms with E-state index in [2.05, 4.69) is 29.4 Å². The Hall–Kier alpha value is -2.69. The van der Waals surface area contributed by atoms with Crippen LogP contribution in [0.15, 0.2) is 48.5 Å². The van der Waals surface area contributed by atoms with Crippen molar-refractivity contribution >= 4 is 23.0 Å². The van der Waals surface area contributed by atoms with Crippen LogP contribution >= 0.6 is 0 Å². The van der Waals surface area contributed by atoms with Gasteiger partial charge in [0.25, 0.3) is 0 Å². The number of para-hydroxylation sites is 4. The highest BCUT2D eigenvalue weighted by molar-refractivity contribution is 5.96. The SMILES string of the molecule is CCOc1ccccc1NC(=O)CN1CC(C)(C)Nc2ccccc21. The lowest BCUT2D eigenvalue weighted by Crippen LogP contribution is -2.50. The zero-order valence-corrected chi connectivity index (χ0v) is 15.0. The fourth-order valence-corrected chi connectivity index (χ4v) is 3.18. The lowest BCUT2D eigenvalue weighted by Gasteiger charge is -2.41. The first kappa shape index (κ1) is 17.1. The molecule has 0 saturated heterocycles. The Kier molecular flexibility index (Phi) is 4.83. The first-order valence-electron chi connectivity index (χ1n) is 8.62. The third-order valence-corrected chi connectivity index (χ3v) is 4.10. The van der Waals surface area contributed by atoms with Crippen LogP contribution in [0.5, 0.6) is 5.75 Å². The number of anilines is 3. The highest BCUT2D eigenvalue weighted by Gasteiger charge is 2.30. The molecule has 1 aliphatic heterocycles. The maximum atomic E-state index is 12.6. The lowest BCUT2D eigenvalue weighted by molar-refractivity contribution is -0.115. The van der Waals surface area contributed by atoms with Gasteiger partial charge in [0.1, 0.15) is 5.75 Å². The Bertz CT molecular complexity index is 758. The van der Waals surface area contributed by atoms with Crippen LogP contribution in [0.1, 0.15) is 20.8 Å². The minimum absolute atomic E-state index is 0.0559. The monoisotopic (exact) mass is 339 g/mol. The summed E-state index contributed by atoms with van der Waals surface area (Å²) in [5.74, 6) is 0.638. The molecule has 1 amide bonds. The molecule has 1 heterocycles. The maximum Gasteiger partial charge on any atom is 0.243 e. The summed E-state index contributed by atoms with van der Waals surface area (Å²) in [7, 11) is 0. The molecule has 0 aliphatic carbocycles. The van der Waals surface area contributed by atoms with Crippen molar-refractivity contribution in [3.8, 4) is 5.75 Å². The average Bonchev–Trinajstić information content (AvgIpc) is 2.56. The van der Waals surface area contributed by atoms with E-state index in [0.717, 1.165) is 17.9 Å². The van der Waals surface area contributed by atoms with Gasteiger partial charge in [-0.2, -0.15) is 0 Å². The summed E-state index contributed by atoms with van der Waals surface area (Å²) in [6, 6.07) is 15.6. The van der Waals surface area contributed by atoms with Gasteiger partial charge in [-0.25, -0.2) is 0 Å². The van der Waals surface area contributed by atoms with E-state index in [1.54, 1.807) is 0 Å². The van der Waals surface area contributed by atoms with E-state index in [4.69, 9.17) is 4.74 Å². The summed E-state index contributed by atoms with van der Waals surface area (Å²) in [5.41, 5.74) is 2.71. The van der Waals surface area contributed by atoms with Crippen molar-refractivity contribution in [3.05, 3.63) is 48.5 Å². The number of fused-ring (bicyclic) bond motifs is 1. The Balaban J connectivity index is 1.75. The number of ether oxygens (including phenoxy) is 1. The van der Waals surface area contributed by atoms with Gasteiger partial charge in [0, 0.05) is 12.1 Å². The summed E-state index contributed by atoms with van der Waals surface area (Å²) < 4.78 is 5.58. The number of carbonyl (C=O) groups excluding carboxylic acids is 1. The van der Waals surface area contributed by atoms with Crippen LogP contribution in [0.3, 0.4) is 0 Å². The number of carbonyl (C=O) groups is 1. The minimum atomic E-state index is -0.0993. The minimum Gasteiger partial charge on any atom is -0.492 e. The van der Waals surface area contributed by atoms with Gasteiger partial charge in [-0.15, -0.1) is 0 Å². The van der Waals surface area contributed by atoms with E-state index in [1.165, 1.54) is 0 Å². The quantitative estimate of drug-likeness (QED) is 0.871. The summed E-state index contributed by atoms with van der Waals surface area (Å²) in [6.45, 7) is 7.81. The zero-order valence-electron chi connectivity index (χ0n) is 15.0. The number of hydrogen-bond acceptors (Lipinski definition) is 4. The topological polar surface area (TPSA) is 53.6 Å². The second kappa shape index (κ2) is 7.05. The van der Waals surface area contributed by atoms with Crippen LogP contribution in [0.25, 0.3) is 0 Å². The van der Waals surface area contributed by atoms with E-state index in [9.17, 15) is 4.79 Å². The predicted molar refractivity (Wildman–Crippen MR) is 103 cm³/mol. The molecular weight excluding hydrogens is 314 g/mol. The van der Waals surface area contributed by atoms with E-state index in [0.29, 0.717) is 24.6 Å². The number of nitrogens with one attached hydrogen (secondary N) is 2. The molecule has 0 saturated carbocycles. The molecule has 2 aromatic rings.